The molecule has 0 unspecified atom stereocenters. The summed E-state index contributed by atoms with van der Waals surface area (Å²) in [5.41, 5.74) is 6.77. The maximum absolute atomic E-state index is 11.8. The van der Waals surface area contributed by atoms with E-state index < -0.39 is 18.1 Å². The number of amides is 1. The van der Waals surface area contributed by atoms with Crippen LogP contribution in [0.1, 0.15) is 53.0 Å². The van der Waals surface area contributed by atoms with Crippen LogP contribution in [0.2, 0.25) is 0 Å². The largest absolute Gasteiger partial charge is 0.391 e. The first-order valence-corrected chi connectivity index (χ1v) is 11.2. The van der Waals surface area contributed by atoms with E-state index >= 15 is 0 Å². The van der Waals surface area contributed by atoms with E-state index in [-0.39, 0.29) is 12.6 Å². The molecule has 0 spiro atoms. The van der Waals surface area contributed by atoms with Crippen molar-refractivity contribution in [2.24, 2.45) is 0 Å². The summed E-state index contributed by atoms with van der Waals surface area (Å²) in [4.78, 5) is 16.0. The van der Waals surface area contributed by atoms with Crippen LogP contribution in [0, 0.1) is 11.8 Å². The van der Waals surface area contributed by atoms with Gasteiger partial charge >= 0.3 is 0 Å². The number of benzene rings is 2. The summed E-state index contributed by atoms with van der Waals surface area (Å²) in [6.07, 6.45) is 4.22. The van der Waals surface area contributed by atoms with Crippen molar-refractivity contribution in [2.45, 2.75) is 51.1 Å². The maximum Gasteiger partial charge on any atom is 0.263 e. The second kappa shape index (κ2) is 10.6. The van der Waals surface area contributed by atoms with E-state index in [1.54, 1.807) is 11.7 Å². The van der Waals surface area contributed by atoms with Crippen LogP contribution in [-0.4, -0.2) is 43.0 Å². The molecule has 34 heavy (non-hydrogen) atoms. The highest BCUT2D eigenvalue weighted by atomic mass is 16.5. The number of imidazole rings is 1. The second-order valence-electron chi connectivity index (χ2n) is 8.44. The number of hydrogen-bond donors (Lipinski definition) is 5. The summed E-state index contributed by atoms with van der Waals surface area (Å²) < 4.78 is 1.91. The number of nitrogens with zero attached hydrogens (tertiary/aromatic N) is 2. The highest BCUT2D eigenvalue weighted by Gasteiger charge is 2.30. The van der Waals surface area contributed by atoms with Crippen molar-refractivity contribution in [3.8, 4) is 11.8 Å². The first kappa shape index (κ1) is 23.7. The van der Waals surface area contributed by atoms with Crippen LogP contribution in [0.15, 0.2) is 54.9 Å². The van der Waals surface area contributed by atoms with Gasteiger partial charge in [-0.25, -0.2) is 10.5 Å². The molecule has 0 saturated carbocycles. The van der Waals surface area contributed by atoms with Gasteiger partial charge in [0, 0.05) is 36.1 Å². The summed E-state index contributed by atoms with van der Waals surface area (Å²) >= 11 is 0. The zero-order valence-corrected chi connectivity index (χ0v) is 18.9. The van der Waals surface area contributed by atoms with Crippen LogP contribution in [0.3, 0.4) is 0 Å². The van der Waals surface area contributed by atoms with Crippen molar-refractivity contribution >= 4 is 5.91 Å². The molecule has 176 valence electrons. The zero-order valence-electron chi connectivity index (χ0n) is 18.9. The van der Waals surface area contributed by atoms with Crippen LogP contribution in [0.5, 0.6) is 0 Å². The molecule has 3 aromatic rings. The van der Waals surface area contributed by atoms with Gasteiger partial charge in [0.2, 0.25) is 0 Å². The van der Waals surface area contributed by atoms with Gasteiger partial charge in [-0.1, -0.05) is 30.0 Å². The van der Waals surface area contributed by atoms with Gasteiger partial charge in [-0.2, -0.15) is 0 Å². The first-order valence-electron chi connectivity index (χ1n) is 11.2. The Hall–Kier alpha value is -3.48. The summed E-state index contributed by atoms with van der Waals surface area (Å²) in [6, 6.07) is 13.1. The van der Waals surface area contributed by atoms with E-state index in [1.165, 1.54) is 6.92 Å². The highest BCUT2D eigenvalue weighted by Crippen LogP contribution is 2.32. The number of fused-ring (bicyclic) bond motifs is 1. The number of aliphatic hydroxyl groups excluding tert-OH is 2. The quantitative estimate of drug-likeness (QED) is 0.208. The van der Waals surface area contributed by atoms with Crippen molar-refractivity contribution in [3.63, 3.8) is 0 Å². The van der Waals surface area contributed by atoms with Gasteiger partial charge in [-0.05, 0) is 60.7 Å². The number of aromatic nitrogens is 2. The molecule has 1 heterocycles. The van der Waals surface area contributed by atoms with Crippen LogP contribution in [0.25, 0.3) is 0 Å². The number of hydrogen-bond acceptors (Lipinski definition) is 6. The molecule has 0 fully saturated rings. The Kier molecular flexibility index (Phi) is 7.40. The van der Waals surface area contributed by atoms with Gasteiger partial charge in [0.25, 0.3) is 5.91 Å². The maximum atomic E-state index is 11.8. The number of carbonyl (C=O) groups excluding carboxylic acids is 1. The van der Waals surface area contributed by atoms with Gasteiger partial charge in [-0.3, -0.25) is 15.3 Å². The first-order chi connectivity index (χ1) is 16.5. The predicted molar refractivity (Wildman–Crippen MR) is 126 cm³/mol. The minimum absolute atomic E-state index is 0.0803. The normalized spacial score (nSPS) is 16.3. The minimum atomic E-state index is -0.940. The van der Waals surface area contributed by atoms with E-state index in [0.717, 1.165) is 40.7 Å². The Labute approximate surface area is 198 Å². The number of aryl methyl sites for hydroxylation is 1. The molecule has 2 aromatic carbocycles. The number of carbonyl (C=O) groups is 1. The van der Waals surface area contributed by atoms with Crippen molar-refractivity contribution in [1.82, 2.24) is 20.3 Å². The van der Waals surface area contributed by atoms with Gasteiger partial charge in [0.15, 0.2) is 0 Å². The van der Waals surface area contributed by atoms with Gasteiger partial charge in [0.1, 0.15) is 18.5 Å². The molecule has 1 aromatic heterocycles. The van der Waals surface area contributed by atoms with E-state index in [1.807, 2.05) is 47.2 Å². The smallest absolute Gasteiger partial charge is 0.263 e. The average Bonchev–Trinajstić information content (AvgIpc) is 3.47. The third-order valence-electron chi connectivity index (χ3n) is 6.08. The molecular formula is C26H28N4O4. The topological polar surface area (TPSA) is 120 Å². The van der Waals surface area contributed by atoms with Crippen molar-refractivity contribution in [3.05, 3.63) is 88.5 Å². The lowest BCUT2D eigenvalue weighted by atomic mass is 10.0. The molecule has 1 amide bonds. The Morgan fingerprint density at radius 1 is 1.21 bits per heavy atom. The standard InChI is InChI=1S/C26H28N4O4/c1-17(32)25(26(33)29-34)28-23-11-9-21-14-19(8-10-22(21)23)5-2-18-3-6-20(7-4-18)15-30-13-12-27-24(30)16-31/h3-4,6-8,10,12-14,17,23,25,28,31-32,34H,9,11,15-16H2,1H3,(H,29,33)/t17-,23+,25+/m1/s1. The second-order valence-corrected chi connectivity index (χ2v) is 8.44. The van der Waals surface area contributed by atoms with Crippen molar-refractivity contribution in [1.29, 1.82) is 0 Å². The number of rotatable bonds is 7. The van der Waals surface area contributed by atoms with Crippen LogP contribution >= 0.6 is 0 Å². The van der Waals surface area contributed by atoms with Crippen LogP contribution < -0.4 is 10.8 Å². The van der Waals surface area contributed by atoms with E-state index in [9.17, 15) is 15.0 Å². The van der Waals surface area contributed by atoms with Gasteiger partial charge < -0.3 is 14.8 Å². The van der Waals surface area contributed by atoms with Crippen LogP contribution in [0.4, 0.5) is 0 Å². The van der Waals surface area contributed by atoms with Gasteiger partial charge in [-0.15, -0.1) is 0 Å². The highest BCUT2D eigenvalue weighted by molar-refractivity contribution is 5.81. The summed E-state index contributed by atoms with van der Waals surface area (Å²) in [7, 11) is 0. The predicted octanol–water partition coefficient (Wildman–Crippen LogP) is 1.66. The van der Waals surface area contributed by atoms with Crippen molar-refractivity contribution < 1.29 is 20.2 Å². The molecular weight excluding hydrogens is 432 g/mol. The SMILES string of the molecule is C[C@@H](O)[C@H](N[C@H]1CCc2cc(C#Cc3ccc(Cn4ccnc4CO)cc3)ccc21)C(=O)NO. The lowest BCUT2D eigenvalue weighted by Gasteiger charge is -2.24. The Morgan fingerprint density at radius 2 is 1.94 bits per heavy atom. The molecule has 0 aliphatic heterocycles. The molecule has 5 N–H and O–H groups in total. The van der Waals surface area contributed by atoms with Crippen molar-refractivity contribution in [2.75, 3.05) is 0 Å². The molecule has 8 nitrogen and oxygen atoms in total. The number of aliphatic hydroxyl groups is 2. The average molecular weight is 461 g/mol. The van der Waals surface area contributed by atoms with E-state index in [4.69, 9.17) is 5.21 Å². The molecule has 0 saturated heterocycles. The molecule has 0 bridgehead atoms. The fourth-order valence-electron chi connectivity index (χ4n) is 4.26. The Bertz CT molecular complexity index is 1210. The summed E-state index contributed by atoms with van der Waals surface area (Å²) in [6.45, 7) is 2.06. The minimum Gasteiger partial charge on any atom is -0.391 e. The molecule has 1 aliphatic carbocycles. The van der Waals surface area contributed by atoms with Crippen LogP contribution in [-0.2, 0) is 24.4 Å². The fourth-order valence-corrected chi connectivity index (χ4v) is 4.26. The van der Waals surface area contributed by atoms with E-state index in [0.29, 0.717) is 12.4 Å². The third kappa shape index (κ3) is 5.35. The fraction of sp³-hybridized carbons (Fsp3) is 0.308. The Balaban J connectivity index is 1.43. The number of hydroxylamine groups is 1. The Morgan fingerprint density at radius 3 is 2.65 bits per heavy atom. The lowest BCUT2D eigenvalue weighted by Crippen LogP contribution is -2.50. The number of nitrogens with one attached hydrogen (secondary N) is 2. The lowest BCUT2D eigenvalue weighted by molar-refractivity contribution is -0.134. The monoisotopic (exact) mass is 460 g/mol. The third-order valence-corrected chi connectivity index (χ3v) is 6.08. The molecule has 4 rings (SSSR count). The zero-order chi connectivity index (χ0) is 24.1. The molecule has 0 radical (unpaired) electrons. The molecule has 1 aliphatic rings. The molecule has 3 atom stereocenters. The van der Waals surface area contributed by atoms with E-state index in [2.05, 4.69) is 28.2 Å². The van der Waals surface area contributed by atoms with Gasteiger partial charge in [0.05, 0.1) is 6.10 Å². The summed E-state index contributed by atoms with van der Waals surface area (Å²) in [5.74, 6) is 6.40. The summed E-state index contributed by atoms with van der Waals surface area (Å²) in [5, 5.41) is 31.3. The molecule has 8 heteroatoms.